The molecule has 3 aliphatic rings. The molecule has 3 heterocycles. The van der Waals surface area contributed by atoms with E-state index < -0.39 is 131 Å². The lowest BCUT2D eigenvalue weighted by Crippen LogP contribution is -2.66. The number of carbonyl (C=O) groups excluding carboxylic acids is 1. The summed E-state index contributed by atoms with van der Waals surface area (Å²) in [6, 6.07) is -1.04. The predicted octanol–water partition coefficient (Wildman–Crippen LogP) is 8.04. The monoisotopic (exact) mass is 1260 g/mol. The summed E-state index contributed by atoms with van der Waals surface area (Å²) in [7, 11) is 0. The summed E-state index contributed by atoms with van der Waals surface area (Å²) in [5, 5.41) is 120. The van der Waals surface area contributed by atoms with Crippen molar-refractivity contribution in [3.05, 3.63) is 122 Å². The van der Waals surface area contributed by atoms with Gasteiger partial charge in [-0.2, -0.15) is 0 Å². The number of unbranched alkanes of at least 4 members (excludes halogenated alkanes) is 14. The summed E-state index contributed by atoms with van der Waals surface area (Å²) in [5.41, 5.74) is 0. The van der Waals surface area contributed by atoms with E-state index >= 15 is 0 Å². The Labute approximate surface area is 531 Å². The molecule has 0 spiro atoms. The number of hydrogen-bond donors (Lipinski definition) is 12. The Morgan fingerprint density at radius 3 is 1.26 bits per heavy atom. The third-order valence-electron chi connectivity index (χ3n) is 15.7. The topological polar surface area (TPSA) is 307 Å². The van der Waals surface area contributed by atoms with Gasteiger partial charge in [-0.25, -0.2) is 0 Å². The molecule has 89 heavy (non-hydrogen) atoms. The molecule has 0 aromatic rings. The minimum Gasteiger partial charge on any atom is -0.394 e. The highest BCUT2D eigenvalue weighted by Crippen LogP contribution is 2.33. The van der Waals surface area contributed by atoms with E-state index in [-0.39, 0.29) is 12.3 Å². The Balaban J connectivity index is 1.51. The van der Waals surface area contributed by atoms with Crippen LogP contribution in [-0.2, 0) is 33.2 Å². The highest BCUT2D eigenvalue weighted by Gasteiger charge is 2.53. The van der Waals surface area contributed by atoms with Gasteiger partial charge >= 0.3 is 0 Å². The number of nitrogens with one attached hydrogen (secondary N) is 1. The third-order valence-corrected chi connectivity index (χ3v) is 15.7. The van der Waals surface area contributed by atoms with E-state index in [1.807, 2.05) is 18.2 Å². The van der Waals surface area contributed by atoms with Crippen molar-refractivity contribution in [1.82, 2.24) is 5.32 Å². The van der Waals surface area contributed by atoms with Crippen LogP contribution in [0.2, 0.25) is 0 Å². The average Bonchev–Trinajstić information content (AvgIpc) is 2.09. The first-order valence-electron chi connectivity index (χ1n) is 33.3. The molecule has 508 valence electrons. The largest absolute Gasteiger partial charge is 0.394 e. The Kier molecular flexibility index (Phi) is 45.3. The van der Waals surface area contributed by atoms with Crippen LogP contribution in [0, 0.1) is 0 Å². The van der Waals surface area contributed by atoms with Crippen molar-refractivity contribution in [2.45, 2.75) is 285 Å². The van der Waals surface area contributed by atoms with Crippen molar-refractivity contribution in [3.8, 4) is 0 Å². The maximum atomic E-state index is 13.4. The molecule has 19 heteroatoms. The standard InChI is InChI=1S/C70H115NO18/c1-3-5-7-9-11-13-15-17-19-21-23-25-26-28-30-32-34-36-38-40-42-44-46-48-58(76)71-53(54(75)47-45-43-41-39-37-35-33-31-29-27-24-22-20-18-16-14-12-10-8-6-4-2)52-84-68-64(82)61(79)66(56(50-73)86-68)89-70-65(83)62(80)67(57(51-74)87-70)88-69-63(81)60(78)59(77)55(49-72)85-69/h5,7,11,13,17,19,23,25,28-31,34,36-37,39-40,42,45,47,53-57,59-70,72-75,77-83H,3-4,6,8-10,12,14-16,18,20-22,24,26-27,32-33,35,38,41,43-44,46,48-52H2,1-2H3,(H,71,76)/b7-5-,13-11-,19-17-,25-23-,30-28-,31-29+,36-34-,39-37+,42-40-,47-45+. The van der Waals surface area contributed by atoms with Crippen molar-refractivity contribution in [1.29, 1.82) is 0 Å². The second kappa shape index (κ2) is 50.7. The zero-order valence-electron chi connectivity index (χ0n) is 53.4. The number of ether oxygens (including phenoxy) is 6. The molecular weight excluding hydrogens is 1140 g/mol. The smallest absolute Gasteiger partial charge is 0.220 e. The van der Waals surface area contributed by atoms with Crippen LogP contribution < -0.4 is 5.32 Å². The molecular formula is C70H115NO18. The van der Waals surface area contributed by atoms with Crippen molar-refractivity contribution in [2.24, 2.45) is 0 Å². The molecule has 0 saturated carbocycles. The number of carbonyl (C=O) groups is 1. The first-order valence-corrected chi connectivity index (χ1v) is 33.3. The fourth-order valence-electron chi connectivity index (χ4n) is 10.3. The maximum absolute atomic E-state index is 13.4. The Morgan fingerprint density at radius 1 is 0.416 bits per heavy atom. The average molecular weight is 1260 g/mol. The Hall–Kier alpha value is -3.81. The van der Waals surface area contributed by atoms with Crippen molar-refractivity contribution in [3.63, 3.8) is 0 Å². The van der Waals surface area contributed by atoms with Crippen LogP contribution in [0.3, 0.4) is 0 Å². The molecule has 0 radical (unpaired) electrons. The van der Waals surface area contributed by atoms with Gasteiger partial charge in [-0.1, -0.05) is 200 Å². The predicted molar refractivity (Wildman–Crippen MR) is 346 cm³/mol. The van der Waals surface area contributed by atoms with Gasteiger partial charge in [-0.15, -0.1) is 0 Å². The van der Waals surface area contributed by atoms with Crippen molar-refractivity contribution >= 4 is 5.91 Å². The summed E-state index contributed by atoms with van der Waals surface area (Å²) >= 11 is 0. The number of hydrogen-bond acceptors (Lipinski definition) is 18. The molecule has 19 nitrogen and oxygen atoms in total. The lowest BCUT2D eigenvalue weighted by Gasteiger charge is -2.48. The second-order valence-corrected chi connectivity index (χ2v) is 23.2. The normalized spacial score (nSPS) is 29.0. The van der Waals surface area contributed by atoms with E-state index in [0.29, 0.717) is 19.3 Å². The Morgan fingerprint density at radius 2 is 0.787 bits per heavy atom. The highest BCUT2D eigenvalue weighted by atomic mass is 16.8. The summed E-state index contributed by atoms with van der Waals surface area (Å²) in [4.78, 5) is 13.4. The minimum absolute atomic E-state index is 0.144. The van der Waals surface area contributed by atoms with Gasteiger partial charge in [-0.05, 0) is 96.3 Å². The van der Waals surface area contributed by atoms with E-state index in [1.165, 1.54) is 70.6 Å². The van der Waals surface area contributed by atoms with Crippen LogP contribution in [0.1, 0.15) is 181 Å². The van der Waals surface area contributed by atoms with Gasteiger partial charge < -0.3 is 89.9 Å². The second-order valence-electron chi connectivity index (χ2n) is 23.2. The van der Waals surface area contributed by atoms with E-state index in [0.717, 1.165) is 70.6 Å². The first-order chi connectivity index (χ1) is 43.3. The van der Waals surface area contributed by atoms with Crippen molar-refractivity contribution in [2.75, 3.05) is 26.4 Å². The van der Waals surface area contributed by atoms with Gasteiger partial charge in [0.2, 0.25) is 5.91 Å². The summed E-state index contributed by atoms with van der Waals surface area (Å²) in [5.74, 6) is -0.353. The van der Waals surface area contributed by atoms with Crippen molar-refractivity contribution < 1.29 is 89.4 Å². The number of aliphatic hydroxyl groups excluding tert-OH is 11. The van der Waals surface area contributed by atoms with Crippen LogP contribution in [0.5, 0.6) is 0 Å². The highest BCUT2D eigenvalue weighted by molar-refractivity contribution is 5.76. The fourth-order valence-corrected chi connectivity index (χ4v) is 10.3. The SMILES string of the molecule is CC/C=C\C/C=C\C/C=C\C/C=C\C/C=C\C/C=C\C/C=C\CCCC(=O)NC(COC1OC(CO)C(OC2OC(CO)C(OC3OC(CO)C(O)C(O)C3O)C(O)C2O)C(O)C1O)C(O)/C=C/CC/C=C/CC/C=C/CCCCCCCCCCCCC. The summed E-state index contributed by atoms with van der Waals surface area (Å²) in [6.45, 7) is 1.52. The van der Waals surface area contributed by atoms with Gasteiger partial charge in [0.15, 0.2) is 18.9 Å². The maximum Gasteiger partial charge on any atom is 0.220 e. The van der Waals surface area contributed by atoms with Crippen LogP contribution in [-0.4, -0.2) is 193 Å². The number of allylic oxidation sites excluding steroid dienone is 19. The van der Waals surface area contributed by atoms with Gasteiger partial charge in [0.25, 0.3) is 0 Å². The zero-order valence-corrected chi connectivity index (χ0v) is 53.4. The summed E-state index contributed by atoms with van der Waals surface area (Å²) in [6.07, 6.45) is 41.8. The molecule has 12 N–H and O–H groups in total. The molecule has 3 rings (SSSR count). The fraction of sp³-hybridized carbons (Fsp3) is 0.700. The van der Waals surface area contributed by atoms with Gasteiger partial charge in [0.1, 0.15) is 73.2 Å². The van der Waals surface area contributed by atoms with E-state index in [9.17, 15) is 61.0 Å². The number of aliphatic hydroxyl groups is 11. The molecule has 0 aliphatic carbocycles. The summed E-state index contributed by atoms with van der Waals surface area (Å²) < 4.78 is 34.2. The van der Waals surface area contributed by atoms with Crippen LogP contribution >= 0.6 is 0 Å². The molecule has 17 atom stereocenters. The molecule has 3 saturated heterocycles. The molecule has 0 aromatic carbocycles. The minimum atomic E-state index is -1.99. The molecule has 3 aliphatic heterocycles. The van der Waals surface area contributed by atoms with E-state index in [1.54, 1.807) is 6.08 Å². The number of rotatable bonds is 48. The first kappa shape index (κ1) is 79.4. The number of amides is 1. The molecule has 1 amide bonds. The van der Waals surface area contributed by atoms with E-state index in [2.05, 4.69) is 116 Å². The van der Waals surface area contributed by atoms with E-state index in [4.69, 9.17) is 28.4 Å². The van der Waals surface area contributed by atoms with Gasteiger partial charge in [0, 0.05) is 6.42 Å². The Bertz CT molecular complexity index is 2090. The molecule has 0 aromatic heterocycles. The van der Waals surface area contributed by atoms with Crippen LogP contribution in [0.4, 0.5) is 0 Å². The zero-order chi connectivity index (χ0) is 64.7. The van der Waals surface area contributed by atoms with Crippen LogP contribution in [0.15, 0.2) is 122 Å². The third kappa shape index (κ3) is 33.0. The van der Waals surface area contributed by atoms with Gasteiger partial charge in [-0.3, -0.25) is 4.79 Å². The quantitative estimate of drug-likeness (QED) is 0.0203. The molecule has 0 bridgehead atoms. The van der Waals surface area contributed by atoms with Gasteiger partial charge in [0.05, 0.1) is 38.6 Å². The van der Waals surface area contributed by atoms with Crippen LogP contribution in [0.25, 0.3) is 0 Å². The lowest BCUT2D eigenvalue weighted by atomic mass is 9.96. The lowest BCUT2D eigenvalue weighted by molar-refractivity contribution is -0.379. The molecule has 17 unspecified atom stereocenters. The molecule has 3 fully saturated rings.